The number of nitrogens with zero attached hydrogens (tertiary/aromatic N) is 1. The zero-order valence-electron chi connectivity index (χ0n) is 13.8. The Bertz CT molecular complexity index is 686. The van der Waals surface area contributed by atoms with E-state index in [9.17, 15) is 14.7 Å². The highest BCUT2D eigenvalue weighted by atomic mass is 16.5. The Balaban J connectivity index is 2.10. The first kappa shape index (κ1) is 18.9. The number of aliphatic hydroxyl groups excluding tert-OH is 1. The number of nitrogens with one attached hydrogen (secondary N) is 2. The number of carbonyl (C=O) groups excluding carboxylic acids is 2. The summed E-state index contributed by atoms with van der Waals surface area (Å²) in [7, 11) is 0. The summed E-state index contributed by atoms with van der Waals surface area (Å²) in [6.45, 7) is 2.17. The molecule has 2 amide bonds. The van der Waals surface area contributed by atoms with E-state index in [1.807, 2.05) is 0 Å². The molecule has 1 aromatic carbocycles. The molecule has 1 fully saturated rings. The van der Waals surface area contributed by atoms with Crippen molar-refractivity contribution in [3.8, 4) is 11.8 Å². The Morgan fingerprint density at radius 1 is 1.32 bits per heavy atom. The van der Waals surface area contributed by atoms with Crippen molar-refractivity contribution >= 4 is 11.8 Å². The highest BCUT2D eigenvalue weighted by molar-refractivity contribution is 5.98. The van der Waals surface area contributed by atoms with Crippen LogP contribution in [0.15, 0.2) is 24.3 Å². The summed E-state index contributed by atoms with van der Waals surface area (Å²) in [6.07, 6.45) is 0. The lowest BCUT2D eigenvalue weighted by molar-refractivity contribution is -0.155. The van der Waals surface area contributed by atoms with Gasteiger partial charge in [-0.15, -0.1) is 5.92 Å². The second-order valence-corrected chi connectivity index (χ2v) is 5.87. The number of aliphatic hydroxyl groups is 2. The number of likely N-dealkylation sites (tertiary alicyclic amines) is 1. The molecule has 1 aliphatic rings. The molecular formula is C17H21N3O5. The summed E-state index contributed by atoms with van der Waals surface area (Å²) in [6, 6.07) is 5.15. The number of carbonyl (C=O) groups is 2. The minimum Gasteiger partial charge on any atom is -0.395 e. The van der Waals surface area contributed by atoms with Gasteiger partial charge in [0.25, 0.3) is 11.8 Å². The largest absolute Gasteiger partial charge is 0.395 e. The Labute approximate surface area is 145 Å². The van der Waals surface area contributed by atoms with Gasteiger partial charge in [-0.2, -0.15) is 0 Å². The van der Waals surface area contributed by atoms with Crippen molar-refractivity contribution in [1.82, 2.24) is 15.7 Å². The molecule has 8 nitrogen and oxygen atoms in total. The van der Waals surface area contributed by atoms with E-state index < -0.39 is 23.5 Å². The molecule has 0 saturated carbocycles. The van der Waals surface area contributed by atoms with Crippen LogP contribution < -0.4 is 10.8 Å². The lowest BCUT2D eigenvalue weighted by atomic mass is 9.85. The molecule has 8 heteroatoms. The van der Waals surface area contributed by atoms with Crippen LogP contribution >= 0.6 is 0 Å². The average molecular weight is 347 g/mol. The van der Waals surface area contributed by atoms with Gasteiger partial charge in [0.15, 0.2) is 0 Å². The first-order valence-electron chi connectivity index (χ1n) is 7.76. The van der Waals surface area contributed by atoms with Crippen LogP contribution in [0, 0.1) is 11.8 Å². The Morgan fingerprint density at radius 2 is 1.96 bits per heavy atom. The lowest BCUT2D eigenvalue weighted by Gasteiger charge is -2.49. The van der Waals surface area contributed by atoms with Gasteiger partial charge in [0.05, 0.1) is 6.61 Å². The fraction of sp³-hybridized carbons (Fsp3) is 0.412. The molecule has 134 valence electrons. The Hall–Kier alpha value is -2.44. The van der Waals surface area contributed by atoms with Crippen molar-refractivity contribution in [3.63, 3.8) is 0 Å². The molecule has 0 bridgehead atoms. The number of hydrogen-bond acceptors (Lipinski definition) is 6. The monoisotopic (exact) mass is 347 g/mol. The van der Waals surface area contributed by atoms with E-state index in [4.69, 9.17) is 10.3 Å². The molecule has 1 atom stereocenters. The summed E-state index contributed by atoms with van der Waals surface area (Å²) in [4.78, 5) is 26.0. The highest BCUT2D eigenvalue weighted by Crippen LogP contribution is 2.25. The molecule has 5 N–H and O–H groups in total. The molecule has 1 aliphatic heterocycles. The lowest BCUT2D eigenvalue weighted by Crippen LogP contribution is -2.74. The third-order valence-corrected chi connectivity index (χ3v) is 4.01. The van der Waals surface area contributed by atoms with Crippen molar-refractivity contribution in [2.45, 2.75) is 18.6 Å². The van der Waals surface area contributed by atoms with Crippen LogP contribution in [-0.2, 0) is 4.79 Å². The SMILES string of the molecule is CC#Cc1ccc(C(=O)NC(C(=O)NO)C2(O)CN(CCO)C2)cc1. The summed E-state index contributed by atoms with van der Waals surface area (Å²) >= 11 is 0. The van der Waals surface area contributed by atoms with Crippen LogP contribution in [0.4, 0.5) is 0 Å². The quantitative estimate of drug-likeness (QED) is 0.248. The van der Waals surface area contributed by atoms with Crippen molar-refractivity contribution < 1.29 is 25.0 Å². The van der Waals surface area contributed by atoms with Crippen LogP contribution in [-0.4, -0.2) is 70.0 Å². The number of hydrogen-bond donors (Lipinski definition) is 5. The van der Waals surface area contributed by atoms with Crippen LogP contribution in [0.2, 0.25) is 0 Å². The number of hydroxylamine groups is 1. The third-order valence-electron chi connectivity index (χ3n) is 4.01. The van der Waals surface area contributed by atoms with E-state index in [-0.39, 0.29) is 19.7 Å². The molecule has 1 saturated heterocycles. The van der Waals surface area contributed by atoms with Crippen LogP contribution in [0.1, 0.15) is 22.8 Å². The van der Waals surface area contributed by atoms with Crippen LogP contribution in [0.25, 0.3) is 0 Å². The van der Waals surface area contributed by atoms with E-state index in [0.717, 1.165) is 5.56 Å². The molecule has 1 aromatic rings. The van der Waals surface area contributed by atoms with Gasteiger partial charge in [-0.3, -0.25) is 19.7 Å². The molecule has 0 spiro atoms. The van der Waals surface area contributed by atoms with Crippen molar-refractivity contribution in [2.75, 3.05) is 26.2 Å². The number of benzene rings is 1. The Morgan fingerprint density at radius 3 is 2.48 bits per heavy atom. The van der Waals surface area contributed by atoms with E-state index in [0.29, 0.717) is 12.1 Å². The number of rotatable bonds is 6. The first-order chi connectivity index (χ1) is 11.9. The minimum absolute atomic E-state index is 0.0771. The minimum atomic E-state index is -1.52. The number of amides is 2. The maximum atomic E-state index is 12.4. The average Bonchev–Trinajstić information content (AvgIpc) is 2.58. The van der Waals surface area contributed by atoms with Crippen molar-refractivity contribution in [1.29, 1.82) is 0 Å². The summed E-state index contributed by atoms with van der Waals surface area (Å²) in [5.74, 6) is 4.14. The van der Waals surface area contributed by atoms with Crippen LogP contribution in [0.5, 0.6) is 0 Å². The fourth-order valence-electron chi connectivity index (χ4n) is 2.78. The second-order valence-electron chi connectivity index (χ2n) is 5.87. The number of β-amino-alcohol motifs (C(OH)–C–C–N with tert-alkyl or cyclic N) is 2. The van der Waals surface area contributed by atoms with Gasteiger partial charge in [-0.05, 0) is 31.2 Å². The van der Waals surface area contributed by atoms with Gasteiger partial charge in [-0.1, -0.05) is 5.92 Å². The smallest absolute Gasteiger partial charge is 0.269 e. The molecule has 1 heterocycles. The maximum absolute atomic E-state index is 12.4. The van der Waals surface area contributed by atoms with E-state index >= 15 is 0 Å². The van der Waals surface area contributed by atoms with Crippen LogP contribution in [0.3, 0.4) is 0 Å². The highest BCUT2D eigenvalue weighted by Gasteiger charge is 2.51. The summed E-state index contributed by atoms with van der Waals surface area (Å²) in [5, 5.41) is 30.8. The zero-order valence-corrected chi connectivity index (χ0v) is 13.8. The van der Waals surface area contributed by atoms with Crippen molar-refractivity contribution in [2.24, 2.45) is 0 Å². The van der Waals surface area contributed by atoms with E-state index in [2.05, 4.69) is 17.2 Å². The predicted molar refractivity (Wildman–Crippen MR) is 88.7 cm³/mol. The van der Waals surface area contributed by atoms with E-state index in [1.165, 1.54) is 5.48 Å². The van der Waals surface area contributed by atoms with Gasteiger partial charge in [0, 0.05) is 30.8 Å². The zero-order chi connectivity index (χ0) is 18.4. The molecule has 2 rings (SSSR count). The van der Waals surface area contributed by atoms with Gasteiger partial charge >= 0.3 is 0 Å². The fourth-order valence-corrected chi connectivity index (χ4v) is 2.78. The molecule has 0 radical (unpaired) electrons. The van der Waals surface area contributed by atoms with Gasteiger partial charge in [0.2, 0.25) is 0 Å². The molecular weight excluding hydrogens is 326 g/mol. The van der Waals surface area contributed by atoms with E-state index in [1.54, 1.807) is 36.1 Å². The molecule has 0 aliphatic carbocycles. The van der Waals surface area contributed by atoms with Gasteiger partial charge in [-0.25, -0.2) is 5.48 Å². The molecule has 1 unspecified atom stereocenters. The second kappa shape index (κ2) is 8.09. The maximum Gasteiger partial charge on any atom is 0.269 e. The summed E-state index contributed by atoms with van der Waals surface area (Å²) in [5.41, 5.74) is 0.996. The normalized spacial score (nSPS) is 16.8. The summed E-state index contributed by atoms with van der Waals surface area (Å²) < 4.78 is 0. The third kappa shape index (κ3) is 4.35. The Kier molecular flexibility index (Phi) is 6.12. The topological polar surface area (TPSA) is 122 Å². The van der Waals surface area contributed by atoms with Gasteiger partial charge < -0.3 is 15.5 Å². The predicted octanol–water partition coefficient (Wildman–Crippen LogP) is -1.30. The molecule has 25 heavy (non-hydrogen) atoms. The van der Waals surface area contributed by atoms with Gasteiger partial charge in [0.1, 0.15) is 11.6 Å². The standard InChI is InChI=1S/C17H21N3O5/c1-2-3-12-4-6-13(7-5-12)15(22)18-14(16(23)19-25)17(24)10-20(11-17)8-9-21/h4-7,14,21,24-25H,8-11H2,1H3,(H,18,22)(H,19,23). The first-order valence-corrected chi connectivity index (χ1v) is 7.76. The molecule has 0 aromatic heterocycles. The van der Waals surface area contributed by atoms with Crippen molar-refractivity contribution in [3.05, 3.63) is 35.4 Å².